The second-order valence-corrected chi connectivity index (χ2v) is 9.29. The number of ether oxygens (including phenoxy) is 1. The van der Waals surface area contributed by atoms with Crippen LogP contribution in [0.2, 0.25) is 0 Å². The summed E-state index contributed by atoms with van der Waals surface area (Å²) in [5.41, 5.74) is 7.53. The van der Waals surface area contributed by atoms with Gasteiger partial charge in [-0.2, -0.15) is 19.6 Å². The number of benzene rings is 1. The Hall–Kier alpha value is -4.01. The summed E-state index contributed by atoms with van der Waals surface area (Å²) in [6.45, 7) is 2.94. The smallest absolute Gasteiger partial charge is 0.230 e. The van der Waals surface area contributed by atoms with Gasteiger partial charge in [-0.1, -0.05) is 0 Å². The van der Waals surface area contributed by atoms with Gasteiger partial charge in [0.2, 0.25) is 11.9 Å². The summed E-state index contributed by atoms with van der Waals surface area (Å²) in [6, 6.07) is 7.44. The number of halogens is 2. The van der Waals surface area contributed by atoms with Crippen molar-refractivity contribution < 1.29 is 28.1 Å². The molecule has 0 amide bonds. The van der Waals surface area contributed by atoms with Gasteiger partial charge in [0.05, 0.1) is 18.6 Å². The summed E-state index contributed by atoms with van der Waals surface area (Å²) >= 11 is 0. The molecule has 1 saturated heterocycles. The Morgan fingerprint density at radius 3 is 2.67 bits per heavy atom. The number of anilines is 3. The highest BCUT2D eigenvalue weighted by atomic mass is 19.1. The minimum absolute atomic E-state index is 0.173. The average Bonchev–Trinajstić information content (AvgIpc) is 3.62. The predicted octanol–water partition coefficient (Wildman–Crippen LogP) is 1.24. The van der Waals surface area contributed by atoms with Crippen molar-refractivity contribution in [3.8, 4) is 17.2 Å². The molecule has 208 valence electrons. The Kier molecular flexibility index (Phi) is 7.77. The van der Waals surface area contributed by atoms with E-state index in [1.54, 1.807) is 24.5 Å². The van der Waals surface area contributed by atoms with Crippen LogP contribution in [0.3, 0.4) is 0 Å². The fraction of sp³-hybridized carbons (Fsp3) is 0.400. The zero-order valence-electron chi connectivity index (χ0n) is 21.4. The molecule has 0 bridgehead atoms. The van der Waals surface area contributed by atoms with Gasteiger partial charge in [-0.25, -0.2) is 8.78 Å². The maximum Gasteiger partial charge on any atom is 0.230 e. The molecule has 5 rings (SSSR count). The van der Waals surface area contributed by atoms with Crippen molar-refractivity contribution in [3.05, 3.63) is 48.2 Å². The molecule has 1 atom stereocenters. The van der Waals surface area contributed by atoms with Gasteiger partial charge in [-0.15, -0.1) is 0 Å². The lowest BCUT2D eigenvalue weighted by molar-refractivity contribution is 0.0523. The number of aromatic nitrogens is 4. The molecule has 0 radical (unpaired) electrons. The van der Waals surface area contributed by atoms with Crippen molar-refractivity contribution in [1.29, 1.82) is 0 Å². The molecule has 14 heteroatoms. The van der Waals surface area contributed by atoms with Gasteiger partial charge in [-0.05, 0) is 12.1 Å². The lowest BCUT2D eigenvalue weighted by Crippen LogP contribution is -2.48. The molecule has 0 saturated carbocycles. The second-order valence-electron chi connectivity index (χ2n) is 9.29. The molecule has 12 nitrogen and oxygen atoms in total. The van der Waals surface area contributed by atoms with Crippen LogP contribution in [0, 0.1) is 11.6 Å². The van der Waals surface area contributed by atoms with E-state index in [9.17, 15) is 13.9 Å². The van der Waals surface area contributed by atoms with E-state index in [1.165, 1.54) is 10.6 Å². The van der Waals surface area contributed by atoms with Gasteiger partial charge in [0.25, 0.3) is 0 Å². The highest BCUT2D eigenvalue weighted by molar-refractivity contribution is 5.61. The number of aliphatic hydroxyl groups is 2. The number of piperazine rings is 1. The minimum Gasteiger partial charge on any atom is -0.488 e. The topological polar surface area (TPSA) is 142 Å². The molecule has 1 aromatic carbocycles. The molecule has 4 N–H and O–H groups in total. The van der Waals surface area contributed by atoms with E-state index in [1.807, 2.05) is 16.8 Å². The van der Waals surface area contributed by atoms with Gasteiger partial charge in [0, 0.05) is 64.5 Å². The van der Waals surface area contributed by atoms with Crippen molar-refractivity contribution in [2.45, 2.75) is 6.10 Å². The van der Waals surface area contributed by atoms with Crippen molar-refractivity contribution >= 4 is 23.2 Å². The Balaban J connectivity index is 1.17. The van der Waals surface area contributed by atoms with E-state index in [2.05, 4.69) is 20.0 Å². The predicted molar refractivity (Wildman–Crippen MR) is 140 cm³/mol. The average molecular weight is 545 g/mol. The molecule has 1 unspecified atom stereocenters. The molecule has 0 spiro atoms. The summed E-state index contributed by atoms with van der Waals surface area (Å²) in [6.07, 6.45) is 0.421. The Bertz CT molecular complexity index is 1410. The van der Waals surface area contributed by atoms with E-state index in [4.69, 9.17) is 20.0 Å². The Morgan fingerprint density at radius 2 is 1.95 bits per heavy atom. The molecule has 3 aromatic heterocycles. The minimum atomic E-state index is -1.15. The van der Waals surface area contributed by atoms with Gasteiger partial charge in [-0.3, -0.25) is 4.90 Å². The van der Waals surface area contributed by atoms with Crippen LogP contribution in [0.1, 0.15) is 0 Å². The zero-order valence-corrected chi connectivity index (χ0v) is 21.4. The number of likely N-dealkylation sites (N-methyl/N-ethyl adjacent to an activating group) is 1. The van der Waals surface area contributed by atoms with Gasteiger partial charge < -0.3 is 34.9 Å². The fourth-order valence-electron chi connectivity index (χ4n) is 4.33. The van der Waals surface area contributed by atoms with Crippen LogP contribution >= 0.6 is 0 Å². The summed E-state index contributed by atoms with van der Waals surface area (Å²) < 4.78 is 40.8. The number of aliphatic hydroxyl groups excluding tert-OH is 2. The van der Waals surface area contributed by atoms with E-state index >= 15 is 0 Å². The number of nitrogens with two attached hydrogens (primary N) is 1. The number of nitrogens with zero attached hydrogens (tertiary/aromatic N) is 7. The summed E-state index contributed by atoms with van der Waals surface area (Å²) in [4.78, 5) is 15.0. The third kappa shape index (κ3) is 5.87. The molecule has 1 aliphatic heterocycles. The highest BCUT2D eigenvalue weighted by Gasteiger charge is 2.23. The molecule has 39 heavy (non-hydrogen) atoms. The monoisotopic (exact) mass is 544 g/mol. The molecular weight excluding hydrogens is 514 g/mol. The van der Waals surface area contributed by atoms with Gasteiger partial charge >= 0.3 is 0 Å². The molecule has 4 heterocycles. The van der Waals surface area contributed by atoms with Crippen molar-refractivity contribution in [2.24, 2.45) is 0 Å². The first-order valence-electron chi connectivity index (χ1n) is 12.5. The maximum atomic E-state index is 14.6. The standard InChI is InChI=1S/C25H30F2N8O4/c1-32(25-29-23-12-19(21-3-2-10-38-21)31-35(23)24(28)30-25)4-5-33-6-8-34(9-7-33)20-13-22(18(27)11-17(20)26)39-15-16(37)14-36/h2-3,10-13,16,36-37H,4-9,14-15H2,1H3,(H2,28,29,30). The quantitative estimate of drug-likeness (QED) is 0.265. The molecular formula is C25H30F2N8O4. The van der Waals surface area contributed by atoms with Crippen molar-refractivity contribution in [1.82, 2.24) is 24.5 Å². The van der Waals surface area contributed by atoms with Crippen molar-refractivity contribution in [3.63, 3.8) is 0 Å². The Labute approximate surface area is 222 Å². The zero-order chi connectivity index (χ0) is 27.5. The number of hydrogen-bond donors (Lipinski definition) is 3. The highest BCUT2D eigenvalue weighted by Crippen LogP contribution is 2.29. The van der Waals surface area contributed by atoms with Crippen molar-refractivity contribution in [2.75, 3.05) is 75.1 Å². The molecule has 1 aliphatic rings. The first kappa shape index (κ1) is 26.6. The van der Waals surface area contributed by atoms with Crippen LogP contribution in [-0.4, -0.2) is 100 Å². The summed E-state index contributed by atoms with van der Waals surface area (Å²) in [7, 11) is 1.88. The molecule has 0 aliphatic carbocycles. The van der Waals surface area contributed by atoms with E-state index in [0.717, 1.165) is 12.6 Å². The van der Waals surface area contributed by atoms with Crippen LogP contribution in [0.5, 0.6) is 5.75 Å². The lowest BCUT2D eigenvalue weighted by atomic mass is 10.2. The van der Waals surface area contributed by atoms with E-state index < -0.39 is 24.3 Å². The van der Waals surface area contributed by atoms with E-state index in [-0.39, 0.29) is 24.0 Å². The number of rotatable bonds is 10. The number of fused-ring (bicyclic) bond motifs is 1. The summed E-state index contributed by atoms with van der Waals surface area (Å²) in [5.74, 6) is -0.430. The van der Waals surface area contributed by atoms with Gasteiger partial charge in [0.15, 0.2) is 23.0 Å². The first-order valence-corrected chi connectivity index (χ1v) is 12.5. The van der Waals surface area contributed by atoms with Crippen LogP contribution in [0.4, 0.5) is 26.4 Å². The van der Waals surface area contributed by atoms with Crippen LogP contribution in [0.25, 0.3) is 17.1 Å². The van der Waals surface area contributed by atoms with E-state index in [0.29, 0.717) is 55.8 Å². The van der Waals surface area contributed by atoms with Crippen LogP contribution in [0.15, 0.2) is 41.0 Å². The number of furan rings is 1. The fourth-order valence-corrected chi connectivity index (χ4v) is 4.33. The third-order valence-electron chi connectivity index (χ3n) is 6.56. The number of hydrogen-bond acceptors (Lipinski definition) is 11. The molecule has 1 fully saturated rings. The maximum absolute atomic E-state index is 14.6. The normalized spacial score (nSPS) is 15.2. The third-order valence-corrected chi connectivity index (χ3v) is 6.56. The molecule has 4 aromatic rings. The van der Waals surface area contributed by atoms with Crippen LogP contribution < -0.4 is 20.3 Å². The largest absolute Gasteiger partial charge is 0.488 e. The summed E-state index contributed by atoms with van der Waals surface area (Å²) in [5, 5.41) is 22.8. The second kappa shape index (κ2) is 11.4. The first-order chi connectivity index (χ1) is 18.8. The van der Waals surface area contributed by atoms with Crippen LogP contribution in [-0.2, 0) is 0 Å². The lowest BCUT2D eigenvalue weighted by Gasteiger charge is -2.37. The van der Waals surface area contributed by atoms with Gasteiger partial charge in [0.1, 0.15) is 24.2 Å². The number of nitrogen functional groups attached to an aromatic ring is 1. The Morgan fingerprint density at radius 1 is 1.15 bits per heavy atom. The SMILES string of the molecule is CN(CCN1CCN(c2cc(OCC(O)CO)c(F)cc2F)CC1)c1nc(N)n2nc(-c3ccco3)cc2n1.